The van der Waals surface area contributed by atoms with Crippen molar-refractivity contribution in [3.05, 3.63) is 128 Å². The van der Waals surface area contributed by atoms with Crippen molar-refractivity contribution in [2.75, 3.05) is 19.6 Å². The van der Waals surface area contributed by atoms with Gasteiger partial charge in [0.25, 0.3) is 10.0 Å². The lowest BCUT2D eigenvalue weighted by Crippen LogP contribution is -2.58. The Morgan fingerprint density at radius 1 is 0.691 bits per heavy atom. The highest BCUT2D eigenvalue weighted by Crippen LogP contribution is 2.42. The highest BCUT2D eigenvalue weighted by molar-refractivity contribution is 7.90. The second-order valence-electron chi connectivity index (χ2n) is 27.4. The number of carbonyl (C=O) groups is 5. The van der Waals surface area contributed by atoms with Crippen molar-refractivity contribution >= 4 is 62.6 Å². The zero-order chi connectivity index (χ0) is 69.8. The third-order valence-corrected chi connectivity index (χ3v) is 18.2. The van der Waals surface area contributed by atoms with Gasteiger partial charge in [-0.15, -0.1) is 0 Å². The van der Waals surface area contributed by atoms with Crippen LogP contribution in [0, 0.1) is 48.5 Å². The van der Waals surface area contributed by atoms with E-state index in [9.17, 15) is 33.0 Å². The number of primary amides is 1. The number of unbranched alkanes of at least 4 members (excludes halogenated alkanes) is 3. The van der Waals surface area contributed by atoms with Gasteiger partial charge >= 0.3 is 12.2 Å². The zero-order valence-electron chi connectivity index (χ0n) is 57.7. The molecule has 5 amide bonds. The molecule has 0 saturated carbocycles. The molecule has 6 rings (SSSR count). The van der Waals surface area contributed by atoms with E-state index in [2.05, 4.69) is 36.0 Å². The van der Waals surface area contributed by atoms with Crippen molar-refractivity contribution < 1.29 is 56.8 Å². The average Bonchev–Trinajstić information content (AvgIpc) is 0.749. The van der Waals surface area contributed by atoms with E-state index in [0.717, 1.165) is 21.9 Å². The molecule has 5 aromatic carbocycles. The fourth-order valence-corrected chi connectivity index (χ4v) is 13.3. The van der Waals surface area contributed by atoms with Gasteiger partial charge in [0.1, 0.15) is 46.1 Å². The zero-order valence-corrected chi connectivity index (χ0v) is 58.6. The first kappa shape index (κ1) is 74.6. The number of benzene rings is 5. The maximum Gasteiger partial charge on any atom is 0.414 e. The van der Waals surface area contributed by atoms with Crippen molar-refractivity contribution in [3.8, 4) is 17.2 Å². The Hall–Kier alpha value is -8.44. The Kier molecular flexibility index (Phi) is 25.1. The maximum absolute atomic E-state index is 16.0. The molecule has 0 aromatic heterocycles. The molecule has 0 fully saturated rings. The van der Waals surface area contributed by atoms with Crippen LogP contribution >= 0.6 is 0 Å². The van der Waals surface area contributed by atoms with Gasteiger partial charge in [-0.25, -0.2) is 22.7 Å². The van der Waals surface area contributed by atoms with E-state index in [-0.39, 0.29) is 67.1 Å². The van der Waals surface area contributed by atoms with Gasteiger partial charge in [0.15, 0.2) is 0 Å². The number of phenols is 2. The van der Waals surface area contributed by atoms with Gasteiger partial charge in [-0.3, -0.25) is 35.0 Å². The van der Waals surface area contributed by atoms with Crippen molar-refractivity contribution in [3.63, 3.8) is 0 Å². The minimum absolute atomic E-state index is 0.0393. The minimum Gasteiger partial charge on any atom is -0.507 e. The summed E-state index contributed by atoms with van der Waals surface area (Å²) in [6.45, 7) is 29.0. The number of rotatable bonds is 25. The summed E-state index contributed by atoms with van der Waals surface area (Å²) in [6, 6.07) is 16.2. The lowest BCUT2D eigenvalue weighted by Gasteiger charge is -2.38. The number of fused-ring (bicyclic) bond motifs is 2. The fourth-order valence-electron chi connectivity index (χ4n) is 11.8. The molecule has 0 aliphatic carbocycles. The summed E-state index contributed by atoms with van der Waals surface area (Å²) in [4.78, 5) is 81.1. The number of nitrogens with zero attached hydrogens (tertiary/aromatic N) is 3. The monoisotopic (exact) mass is 1320 g/mol. The van der Waals surface area contributed by atoms with E-state index in [1.165, 1.54) is 4.90 Å². The van der Waals surface area contributed by atoms with Crippen LogP contribution in [0.3, 0.4) is 0 Å². The van der Waals surface area contributed by atoms with Crippen LogP contribution in [0.25, 0.3) is 10.8 Å². The van der Waals surface area contributed by atoms with Crippen LogP contribution < -0.4 is 42.2 Å². The summed E-state index contributed by atoms with van der Waals surface area (Å²) >= 11 is 0. The van der Waals surface area contributed by atoms with Crippen LogP contribution in [-0.2, 0) is 53.1 Å². The van der Waals surface area contributed by atoms with Gasteiger partial charge in [-0.2, -0.15) is 0 Å². The quantitative estimate of drug-likeness (QED) is 0.0149. The highest BCUT2D eigenvalue weighted by Gasteiger charge is 2.39. The van der Waals surface area contributed by atoms with E-state index < -0.39 is 80.9 Å². The Morgan fingerprint density at radius 3 is 1.78 bits per heavy atom. The number of nitrogens with two attached hydrogens (primary N) is 2. The molecule has 22 nitrogen and oxygen atoms in total. The second-order valence-corrected chi connectivity index (χ2v) is 29.0. The topological polar surface area (TPSA) is 328 Å². The molecule has 0 radical (unpaired) electrons. The Bertz CT molecular complexity index is 3700. The molecule has 4 atom stereocenters. The fraction of sp³-hybridized carbons (Fsp3) is 0.507. The van der Waals surface area contributed by atoms with E-state index in [4.69, 9.17) is 25.7 Å². The van der Waals surface area contributed by atoms with E-state index in [0.29, 0.717) is 101 Å². The molecular weight excluding hydrogens is 1220 g/mol. The molecule has 11 N–H and O–H groups in total. The Morgan fingerprint density at radius 2 is 1.22 bits per heavy atom. The molecule has 94 heavy (non-hydrogen) atoms. The number of guanidine groups is 2. The van der Waals surface area contributed by atoms with E-state index in [1.807, 2.05) is 75.4 Å². The van der Waals surface area contributed by atoms with Gasteiger partial charge in [0, 0.05) is 19.5 Å². The molecule has 23 heteroatoms. The average molecular weight is 1320 g/mol. The summed E-state index contributed by atoms with van der Waals surface area (Å²) in [5.41, 5.74) is 17.7. The number of hydrogen-bond acceptors (Lipinski definition) is 15. The van der Waals surface area contributed by atoms with Crippen LogP contribution in [0.2, 0.25) is 0 Å². The summed E-state index contributed by atoms with van der Waals surface area (Å²) < 4.78 is 47.9. The van der Waals surface area contributed by atoms with Gasteiger partial charge in [0.05, 0.1) is 17.0 Å². The lowest BCUT2D eigenvalue weighted by molar-refractivity contribution is -0.145. The number of hydrogen-bond donors (Lipinski definition) is 9. The van der Waals surface area contributed by atoms with Gasteiger partial charge in [-0.1, -0.05) is 73.5 Å². The summed E-state index contributed by atoms with van der Waals surface area (Å²) in [5, 5.41) is 35.0. The van der Waals surface area contributed by atoms with Crippen LogP contribution in [0.1, 0.15) is 174 Å². The summed E-state index contributed by atoms with van der Waals surface area (Å²) in [5.74, 6) is -1.58. The van der Waals surface area contributed by atoms with Crippen molar-refractivity contribution in [1.29, 1.82) is 0 Å². The van der Waals surface area contributed by atoms with Crippen molar-refractivity contribution in [1.82, 2.24) is 30.9 Å². The number of sulfonamides is 1. The predicted octanol–water partition coefficient (Wildman–Crippen LogP) is 10.2. The number of aromatic hydroxyl groups is 2. The second kappa shape index (κ2) is 31.7. The molecule has 5 aromatic rings. The standard InChI is InChI=1S/C71H100N10O12S/c1-41-34-49(35-42(2)58(41)82)38-55(74-31-21-17-18-22-32-76-66(78-67(87)92-69(9,10)11)79-68(88)93-70(12,13)14)63(85)77-56(39-50-36-43(3)59(83)44(4)37-50)64(86)81(48(8)52-28-27-51-24-19-20-25-53(51)40-52)57(62(72)84)26-23-33-75-65(73)80-94(89,90)61-46(6)45(5)60-54(47(61)7)29-30-71(15,16)91-60/h19-20,24-25,27-28,34-37,40,48,55-57,74,82-83H,17-18,21-23,26,29-33,38-39H2,1-16H3,(H2,72,84)(H,77,85)(H3,73,75,80)(H2,76,78,79,87,88)/t48-,55+,56+,57+/m1/s1. The third-order valence-electron chi connectivity index (χ3n) is 16.6. The molecule has 1 aliphatic heterocycles. The smallest absolute Gasteiger partial charge is 0.414 e. The van der Waals surface area contributed by atoms with Crippen molar-refractivity contribution in [2.24, 2.45) is 21.5 Å². The number of phenolic OH excluding ortho intramolecular Hbond substituents is 2. The number of amides is 5. The SMILES string of the molecule is Cc1cc(C[C@H](NCCCCCCN=C(NC(=O)OC(C)(C)C)NC(=O)OC(C)(C)C)C(=O)N[C@@H](Cc2cc(C)c(O)c(C)c2)C(=O)N([C@H](C)c2ccc3ccccc3c2)[C@@H](CCCN=C(N)NS(=O)(=O)c2c(C)c(C)c3c(c2C)CCC(C)(C)O3)C(N)=O)cc(C)c1O. The largest absolute Gasteiger partial charge is 0.507 e. The van der Waals surface area contributed by atoms with Crippen LogP contribution in [0.15, 0.2) is 81.6 Å². The number of nitrogens with one attached hydrogen (secondary N) is 5. The molecule has 0 bridgehead atoms. The van der Waals surface area contributed by atoms with Gasteiger partial charge < -0.3 is 51.4 Å². The molecule has 1 aliphatic rings. The summed E-state index contributed by atoms with van der Waals surface area (Å²) in [6.07, 6.45) is 2.44. The van der Waals surface area contributed by atoms with Gasteiger partial charge in [-0.05, 0) is 240 Å². The number of aryl methyl sites for hydroxylation is 4. The van der Waals surface area contributed by atoms with E-state index >= 15 is 9.59 Å². The Labute approximate surface area is 554 Å². The molecule has 0 saturated heterocycles. The number of ether oxygens (including phenoxy) is 3. The number of carbonyl (C=O) groups excluding carboxylic acids is 5. The molecule has 0 spiro atoms. The van der Waals surface area contributed by atoms with Crippen molar-refractivity contribution in [2.45, 2.75) is 221 Å². The van der Waals surface area contributed by atoms with E-state index in [1.54, 1.807) is 102 Å². The first-order chi connectivity index (χ1) is 43.8. The third kappa shape index (κ3) is 20.8. The summed E-state index contributed by atoms with van der Waals surface area (Å²) in [7, 11) is -4.25. The van der Waals surface area contributed by atoms with Gasteiger partial charge in [0.2, 0.25) is 29.6 Å². The lowest BCUT2D eigenvalue weighted by atomic mass is 9.88. The maximum atomic E-state index is 16.0. The predicted molar refractivity (Wildman–Crippen MR) is 368 cm³/mol. The minimum atomic E-state index is -4.25. The molecular formula is C71H100N10O12S. The Balaban J connectivity index is 1.28. The van der Waals surface area contributed by atoms with Crippen LogP contribution in [0.5, 0.6) is 17.2 Å². The first-order valence-electron chi connectivity index (χ1n) is 32.3. The first-order valence-corrected chi connectivity index (χ1v) is 33.7. The number of aliphatic imine (C=N–C) groups is 2. The number of alkyl carbamates (subject to hydrolysis) is 2. The molecule has 0 unspecified atom stereocenters. The molecule has 512 valence electrons. The van der Waals surface area contributed by atoms with Crippen LogP contribution in [0.4, 0.5) is 9.59 Å². The van der Waals surface area contributed by atoms with Crippen LogP contribution in [-0.4, -0.2) is 120 Å². The normalized spacial score (nSPS) is 14.5. The highest BCUT2D eigenvalue weighted by atomic mass is 32.2. The molecule has 1 heterocycles.